The van der Waals surface area contributed by atoms with Crippen molar-refractivity contribution in [3.8, 4) is 16.5 Å². The number of carbonyl (C=O) groups is 1. The molecular formula is C37H39N3O7S. The van der Waals surface area contributed by atoms with Crippen LogP contribution >= 0.6 is 11.3 Å². The molecule has 4 heterocycles. The molecule has 2 aliphatic rings. The molecule has 1 saturated heterocycles. The summed E-state index contributed by atoms with van der Waals surface area (Å²) in [5.41, 5.74) is 1.29. The van der Waals surface area contributed by atoms with Crippen LogP contribution in [-0.4, -0.2) is 47.2 Å². The van der Waals surface area contributed by atoms with Gasteiger partial charge in [-0.2, -0.15) is 5.10 Å². The number of benzene rings is 2. The molecule has 2 aromatic carbocycles. The first-order valence-electron chi connectivity index (χ1n) is 16.5. The number of para-hydroxylation sites is 1. The number of fused-ring (bicyclic) bond motifs is 1. The van der Waals surface area contributed by atoms with E-state index in [1.807, 2.05) is 66.2 Å². The highest BCUT2D eigenvalue weighted by atomic mass is 32.1. The first-order valence-corrected chi connectivity index (χ1v) is 17.3. The topological polar surface area (TPSA) is 115 Å². The summed E-state index contributed by atoms with van der Waals surface area (Å²) in [4.78, 5) is 34.6. The van der Waals surface area contributed by atoms with Gasteiger partial charge >= 0.3 is 5.97 Å². The predicted molar refractivity (Wildman–Crippen MR) is 181 cm³/mol. The van der Waals surface area contributed by atoms with Gasteiger partial charge in [-0.05, 0) is 49.8 Å². The van der Waals surface area contributed by atoms with Crippen LogP contribution in [0.15, 0.2) is 76.3 Å². The Morgan fingerprint density at radius 1 is 1.08 bits per heavy atom. The first kappa shape index (κ1) is 32.2. The van der Waals surface area contributed by atoms with Gasteiger partial charge in [0.05, 0.1) is 36.2 Å². The van der Waals surface area contributed by atoms with E-state index >= 15 is 0 Å². The Hall–Kier alpha value is -4.32. The van der Waals surface area contributed by atoms with Crippen LogP contribution in [0.1, 0.15) is 67.0 Å². The number of esters is 1. The van der Waals surface area contributed by atoms with Gasteiger partial charge in [-0.3, -0.25) is 14.3 Å². The third kappa shape index (κ3) is 6.18. The van der Waals surface area contributed by atoms with Gasteiger partial charge in [-0.15, -0.1) is 11.3 Å². The fraction of sp³-hybridized carbons (Fsp3) is 0.405. The van der Waals surface area contributed by atoms with Crippen molar-refractivity contribution < 1.29 is 28.2 Å². The van der Waals surface area contributed by atoms with Crippen molar-refractivity contribution >= 4 is 27.5 Å². The number of aromatic nitrogens is 3. The highest BCUT2D eigenvalue weighted by Gasteiger charge is 2.48. The highest BCUT2D eigenvalue weighted by molar-refractivity contribution is 7.22. The van der Waals surface area contributed by atoms with Crippen LogP contribution in [0, 0.1) is 6.92 Å². The zero-order chi connectivity index (χ0) is 33.1. The summed E-state index contributed by atoms with van der Waals surface area (Å²) in [7, 11) is 1.65. The second kappa shape index (κ2) is 14.0. The quantitative estimate of drug-likeness (QED) is 0.138. The van der Waals surface area contributed by atoms with Crippen molar-refractivity contribution in [1.82, 2.24) is 14.8 Å². The number of hydrogen-bond donors (Lipinski definition) is 0. The van der Waals surface area contributed by atoms with Gasteiger partial charge in [0, 0.05) is 18.8 Å². The Morgan fingerprint density at radius 3 is 2.56 bits per heavy atom. The van der Waals surface area contributed by atoms with E-state index in [0.29, 0.717) is 47.9 Å². The molecule has 11 heteroatoms. The second-order valence-corrected chi connectivity index (χ2v) is 13.5. The minimum Gasteiger partial charge on any atom is -0.496 e. The number of methoxy groups -OCH3 is 1. The number of rotatable bonds is 11. The molecule has 250 valence electrons. The van der Waals surface area contributed by atoms with Gasteiger partial charge in [0.1, 0.15) is 40.7 Å². The summed E-state index contributed by atoms with van der Waals surface area (Å²) in [5, 5.41) is 5.60. The number of carbonyl (C=O) groups excluding carboxylic acids is 1. The summed E-state index contributed by atoms with van der Waals surface area (Å²) >= 11 is 1.40. The standard InChI is InChI=1S/C37H39N3O7S/c1-24-30-31(41)33(37(16-8-9-17-37)36(42)46-23-25-10-4-3-5-11-25)39-40(35(30)48-32(24)34-38-18-21-45-34)22-29(47-26-14-19-44-20-15-26)27-12-6-7-13-28(27)43-2/h3-7,10-13,18,21,26,29H,8-9,14-17,19-20,22-23H2,1-2H3. The average Bonchev–Trinajstić information content (AvgIpc) is 3.91. The van der Waals surface area contributed by atoms with Gasteiger partial charge in [-0.1, -0.05) is 61.4 Å². The molecule has 3 aromatic heterocycles. The summed E-state index contributed by atoms with van der Waals surface area (Å²) in [6.45, 7) is 3.57. The molecule has 1 saturated carbocycles. The number of thiophene rings is 1. The lowest BCUT2D eigenvalue weighted by Crippen LogP contribution is -2.41. The third-order valence-electron chi connectivity index (χ3n) is 9.52. The fourth-order valence-corrected chi connectivity index (χ4v) is 8.18. The van der Waals surface area contributed by atoms with Crippen molar-refractivity contribution in [2.24, 2.45) is 0 Å². The Morgan fingerprint density at radius 2 is 1.83 bits per heavy atom. The third-order valence-corrected chi connectivity index (χ3v) is 10.8. The molecule has 0 radical (unpaired) electrons. The maximum Gasteiger partial charge on any atom is 0.318 e. The van der Waals surface area contributed by atoms with Gasteiger partial charge in [0.2, 0.25) is 11.3 Å². The average molecular weight is 670 g/mol. The molecular weight excluding hydrogens is 630 g/mol. The molecule has 2 fully saturated rings. The first-order chi connectivity index (χ1) is 23.5. The van der Waals surface area contributed by atoms with E-state index < -0.39 is 17.5 Å². The lowest BCUT2D eigenvalue weighted by atomic mass is 9.81. The van der Waals surface area contributed by atoms with E-state index in [2.05, 4.69) is 4.98 Å². The number of nitrogens with zero attached hydrogens (tertiary/aromatic N) is 3. The molecule has 1 aliphatic heterocycles. The van der Waals surface area contributed by atoms with E-state index in [-0.39, 0.29) is 30.4 Å². The minimum absolute atomic E-state index is 0.0231. The minimum atomic E-state index is -1.17. The zero-order valence-electron chi connectivity index (χ0n) is 27.2. The van der Waals surface area contributed by atoms with Gasteiger partial charge in [0.25, 0.3) is 0 Å². The predicted octanol–water partition coefficient (Wildman–Crippen LogP) is 6.92. The summed E-state index contributed by atoms with van der Waals surface area (Å²) in [6, 6.07) is 17.4. The van der Waals surface area contributed by atoms with Crippen LogP contribution in [0.4, 0.5) is 0 Å². The summed E-state index contributed by atoms with van der Waals surface area (Å²) < 4.78 is 31.7. The number of oxazole rings is 1. The van der Waals surface area contributed by atoms with E-state index in [4.69, 9.17) is 28.5 Å². The molecule has 1 aliphatic carbocycles. The van der Waals surface area contributed by atoms with Crippen molar-refractivity contribution in [3.05, 3.63) is 99.7 Å². The molecule has 10 nitrogen and oxygen atoms in total. The Kier molecular flexibility index (Phi) is 9.43. The summed E-state index contributed by atoms with van der Waals surface area (Å²) in [5.74, 6) is 0.713. The van der Waals surface area contributed by atoms with Crippen molar-refractivity contribution in [2.75, 3.05) is 20.3 Å². The molecule has 7 rings (SSSR count). The number of hydrogen-bond acceptors (Lipinski definition) is 10. The normalized spacial score (nSPS) is 17.0. The molecule has 5 aromatic rings. The molecule has 1 atom stereocenters. The van der Waals surface area contributed by atoms with E-state index in [9.17, 15) is 9.59 Å². The Balaban J connectivity index is 1.37. The van der Waals surface area contributed by atoms with Crippen LogP contribution < -0.4 is 10.2 Å². The van der Waals surface area contributed by atoms with Crippen LogP contribution in [-0.2, 0) is 37.6 Å². The Bertz CT molecular complexity index is 1920. The van der Waals surface area contributed by atoms with Crippen molar-refractivity contribution in [3.63, 3.8) is 0 Å². The van der Waals surface area contributed by atoms with E-state index in [0.717, 1.165) is 47.3 Å². The van der Waals surface area contributed by atoms with Crippen molar-refractivity contribution in [2.45, 2.75) is 76.2 Å². The SMILES string of the molecule is COc1ccccc1C(Cn1nc(C2(C(=O)OCc3ccccc3)CCCC2)c(=O)c2c(C)c(-c3ncco3)sc21)OC1CCOCC1. The van der Waals surface area contributed by atoms with Crippen LogP contribution in [0.5, 0.6) is 5.75 Å². The molecule has 0 spiro atoms. The largest absolute Gasteiger partial charge is 0.496 e. The molecule has 48 heavy (non-hydrogen) atoms. The lowest BCUT2D eigenvalue weighted by Gasteiger charge is -2.30. The Labute approximate surface area is 282 Å². The van der Waals surface area contributed by atoms with E-state index in [1.54, 1.807) is 13.3 Å². The maximum absolute atomic E-state index is 14.6. The molecule has 0 N–H and O–H groups in total. The highest BCUT2D eigenvalue weighted by Crippen LogP contribution is 2.43. The fourth-order valence-electron chi connectivity index (χ4n) is 6.98. The second-order valence-electron chi connectivity index (χ2n) is 12.5. The van der Waals surface area contributed by atoms with Crippen LogP contribution in [0.3, 0.4) is 0 Å². The number of aryl methyl sites for hydroxylation is 1. The number of ether oxygens (including phenoxy) is 4. The lowest BCUT2D eigenvalue weighted by molar-refractivity contribution is -0.152. The molecule has 0 bridgehead atoms. The monoisotopic (exact) mass is 669 g/mol. The van der Waals surface area contributed by atoms with Crippen LogP contribution in [0.25, 0.3) is 21.0 Å². The molecule has 0 amide bonds. The van der Waals surface area contributed by atoms with Gasteiger partial charge < -0.3 is 23.4 Å². The van der Waals surface area contributed by atoms with Gasteiger partial charge in [-0.25, -0.2) is 4.98 Å². The van der Waals surface area contributed by atoms with Crippen LogP contribution in [0.2, 0.25) is 0 Å². The van der Waals surface area contributed by atoms with Crippen molar-refractivity contribution in [1.29, 1.82) is 0 Å². The summed E-state index contributed by atoms with van der Waals surface area (Å²) in [6.07, 6.45) is 6.71. The maximum atomic E-state index is 14.6. The van der Waals surface area contributed by atoms with E-state index in [1.165, 1.54) is 17.6 Å². The molecule has 1 unspecified atom stereocenters. The zero-order valence-corrected chi connectivity index (χ0v) is 28.0. The van der Waals surface area contributed by atoms with Gasteiger partial charge in [0.15, 0.2) is 0 Å². The smallest absolute Gasteiger partial charge is 0.318 e.